The molecule has 0 aromatic heterocycles. The van der Waals surface area contributed by atoms with Crippen molar-refractivity contribution in [1.82, 2.24) is 0 Å². The van der Waals surface area contributed by atoms with Crippen LogP contribution in [0.25, 0.3) is 0 Å². The van der Waals surface area contributed by atoms with Crippen LogP contribution in [0.2, 0.25) is 0 Å². The predicted molar refractivity (Wildman–Crippen MR) is 72.1 cm³/mol. The monoisotopic (exact) mass is 232 g/mol. The van der Waals surface area contributed by atoms with Gasteiger partial charge in [-0.3, -0.25) is 0 Å². The van der Waals surface area contributed by atoms with E-state index in [0.717, 1.165) is 18.4 Å². The van der Waals surface area contributed by atoms with E-state index in [1.54, 1.807) is 0 Å². The second-order valence-electron chi connectivity index (χ2n) is 5.22. The molecule has 1 atom stereocenters. The van der Waals surface area contributed by atoms with Crippen LogP contribution in [0.5, 0.6) is 0 Å². The van der Waals surface area contributed by atoms with Gasteiger partial charge in [0, 0.05) is 0 Å². The third-order valence-electron chi connectivity index (χ3n) is 4.18. The minimum Gasteiger partial charge on any atom is -0.388 e. The molecule has 94 valence electrons. The van der Waals surface area contributed by atoms with Crippen LogP contribution in [0.15, 0.2) is 18.2 Å². The average molecular weight is 232 g/mol. The molecule has 1 fully saturated rings. The van der Waals surface area contributed by atoms with E-state index in [-0.39, 0.29) is 6.10 Å². The molecule has 1 N–H and O–H groups in total. The quantitative estimate of drug-likeness (QED) is 0.830. The Balaban J connectivity index is 2.20. The van der Waals surface area contributed by atoms with Crippen LogP contribution in [-0.4, -0.2) is 5.11 Å². The summed E-state index contributed by atoms with van der Waals surface area (Å²) in [5.74, 6) is 0.493. The van der Waals surface area contributed by atoms with E-state index in [2.05, 4.69) is 32.0 Å². The zero-order valence-electron chi connectivity index (χ0n) is 11.1. The van der Waals surface area contributed by atoms with E-state index >= 15 is 0 Å². The van der Waals surface area contributed by atoms with Crippen molar-refractivity contribution in [3.8, 4) is 0 Å². The van der Waals surface area contributed by atoms with Crippen LogP contribution in [-0.2, 0) is 12.8 Å². The number of aliphatic hydroxyl groups excluding tert-OH is 1. The van der Waals surface area contributed by atoms with Crippen molar-refractivity contribution in [3.05, 3.63) is 34.9 Å². The Morgan fingerprint density at radius 3 is 2.35 bits per heavy atom. The standard InChI is InChI=1S/C16H24O/c1-3-12-9-10-15(11-13(12)4-2)16(17)14-7-5-6-8-14/h9-11,14,16-17H,3-8H2,1-2H3. The molecule has 17 heavy (non-hydrogen) atoms. The summed E-state index contributed by atoms with van der Waals surface area (Å²) in [6.45, 7) is 4.39. The van der Waals surface area contributed by atoms with Crippen molar-refractivity contribution in [3.63, 3.8) is 0 Å². The molecule has 1 aliphatic rings. The first-order valence-electron chi connectivity index (χ1n) is 7.06. The van der Waals surface area contributed by atoms with E-state index in [0.29, 0.717) is 5.92 Å². The van der Waals surface area contributed by atoms with E-state index in [9.17, 15) is 5.11 Å². The number of hydrogen-bond donors (Lipinski definition) is 1. The number of hydrogen-bond acceptors (Lipinski definition) is 1. The first kappa shape index (κ1) is 12.6. The molecule has 0 bridgehead atoms. The fourth-order valence-electron chi connectivity index (χ4n) is 3.05. The predicted octanol–water partition coefficient (Wildman–Crippen LogP) is 4.04. The maximum Gasteiger partial charge on any atom is 0.0818 e. The summed E-state index contributed by atoms with van der Waals surface area (Å²) in [6.07, 6.45) is 6.87. The molecule has 0 aliphatic heterocycles. The number of benzene rings is 1. The van der Waals surface area contributed by atoms with Gasteiger partial charge in [0.1, 0.15) is 0 Å². The minimum atomic E-state index is -0.242. The Morgan fingerprint density at radius 1 is 1.12 bits per heavy atom. The zero-order chi connectivity index (χ0) is 12.3. The van der Waals surface area contributed by atoms with Gasteiger partial charge in [-0.15, -0.1) is 0 Å². The van der Waals surface area contributed by atoms with Crippen molar-refractivity contribution in [2.24, 2.45) is 5.92 Å². The molecule has 0 saturated heterocycles. The molecule has 0 heterocycles. The highest BCUT2D eigenvalue weighted by molar-refractivity contribution is 5.33. The molecular weight excluding hydrogens is 208 g/mol. The lowest BCUT2D eigenvalue weighted by Crippen LogP contribution is -2.09. The molecular formula is C16H24O. The van der Waals surface area contributed by atoms with Crippen molar-refractivity contribution < 1.29 is 5.11 Å². The van der Waals surface area contributed by atoms with Gasteiger partial charge in [0.25, 0.3) is 0 Å². The Morgan fingerprint density at radius 2 is 1.76 bits per heavy atom. The topological polar surface area (TPSA) is 20.2 Å². The lowest BCUT2D eigenvalue weighted by molar-refractivity contribution is 0.111. The molecule has 1 aromatic rings. The Hall–Kier alpha value is -0.820. The van der Waals surface area contributed by atoms with Gasteiger partial charge in [0.2, 0.25) is 0 Å². The summed E-state index contributed by atoms with van der Waals surface area (Å²) in [7, 11) is 0. The van der Waals surface area contributed by atoms with Crippen LogP contribution in [0, 0.1) is 5.92 Å². The largest absolute Gasteiger partial charge is 0.388 e. The third-order valence-corrected chi connectivity index (χ3v) is 4.18. The number of aliphatic hydroxyl groups is 1. The van der Waals surface area contributed by atoms with Gasteiger partial charge in [-0.05, 0) is 48.3 Å². The molecule has 1 aromatic carbocycles. The average Bonchev–Trinajstić information content (AvgIpc) is 2.90. The smallest absolute Gasteiger partial charge is 0.0818 e. The van der Waals surface area contributed by atoms with Gasteiger partial charge < -0.3 is 5.11 Å². The molecule has 1 heteroatoms. The van der Waals surface area contributed by atoms with Crippen LogP contribution in [0.1, 0.15) is 62.3 Å². The summed E-state index contributed by atoms with van der Waals surface area (Å²) in [4.78, 5) is 0. The van der Waals surface area contributed by atoms with Gasteiger partial charge in [-0.1, -0.05) is 44.9 Å². The maximum absolute atomic E-state index is 10.4. The summed E-state index contributed by atoms with van der Waals surface area (Å²) >= 11 is 0. The summed E-state index contributed by atoms with van der Waals surface area (Å²) in [5, 5.41) is 10.4. The minimum absolute atomic E-state index is 0.242. The lowest BCUT2D eigenvalue weighted by Gasteiger charge is -2.19. The summed E-state index contributed by atoms with van der Waals surface area (Å²) in [6, 6.07) is 6.55. The van der Waals surface area contributed by atoms with Crippen LogP contribution >= 0.6 is 0 Å². The Labute approximate surface area is 105 Å². The van der Waals surface area contributed by atoms with Gasteiger partial charge in [0.05, 0.1) is 6.10 Å². The van der Waals surface area contributed by atoms with Crippen molar-refractivity contribution in [2.45, 2.75) is 58.5 Å². The fraction of sp³-hybridized carbons (Fsp3) is 0.625. The SMILES string of the molecule is CCc1ccc(C(O)C2CCCC2)cc1CC. The molecule has 0 radical (unpaired) electrons. The van der Waals surface area contributed by atoms with Gasteiger partial charge >= 0.3 is 0 Å². The van der Waals surface area contributed by atoms with Crippen LogP contribution < -0.4 is 0 Å². The first-order valence-corrected chi connectivity index (χ1v) is 7.06. The molecule has 1 unspecified atom stereocenters. The summed E-state index contributed by atoms with van der Waals surface area (Å²) < 4.78 is 0. The molecule has 1 saturated carbocycles. The van der Waals surface area contributed by atoms with Crippen molar-refractivity contribution in [1.29, 1.82) is 0 Å². The molecule has 2 rings (SSSR count). The fourth-order valence-corrected chi connectivity index (χ4v) is 3.05. The molecule has 0 spiro atoms. The first-order chi connectivity index (χ1) is 8.26. The van der Waals surface area contributed by atoms with Crippen molar-refractivity contribution >= 4 is 0 Å². The molecule has 1 aliphatic carbocycles. The van der Waals surface area contributed by atoms with Crippen molar-refractivity contribution in [2.75, 3.05) is 0 Å². The van der Waals surface area contributed by atoms with Gasteiger partial charge in [-0.2, -0.15) is 0 Å². The van der Waals surface area contributed by atoms with E-state index in [1.807, 2.05) is 0 Å². The van der Waals surface area contributed by atoms with E-state index in [4.69, 9.17) is 0 Å². The highest BCUT2D eigenvalue weighted by Crippen LogP contribution is 2.36. The highest BCUT2D eigenvalue weighted by Gasteiger charge is 2.24. The molecule has 1 nitrogen and oxygen atoms in total. The number of rotatable bonds is 4. The number of aryl methyl sites for hydroxylation is 2. The van der Waals surface area contributed by atoms with Crippen LogP contribution in [0.4, 0.5) is 0 Å². The molecule has 0 amide bonds. The highest BCUT2D eigenvalue weighted by atomic mass is 16.3. The lowest BCUT2D eigenvalue weighted by atomic mass is 9.91. The Kier molecular flexibility index (Phi) is 4.22. The second-order valence-corrected chi connectivity index (χ2v) is 5.22. The van der Waals surface area contributed by atoms with E-state index < -0.39 is 0 Å². The zero-order valence-corrected chi connectivity index (χ0v) is 11.1. The van der Waals surface area contributed by atoms with Gasteiger partial charge in [0.15, 0.2) is 0 Å². The maximum atomic E-state index is 10.4. The Bertz CT molecular complexity index is 364. The third kappa shape index (κ3) is 2.71. The van der Waals surface area contributed by atoms with E-state index in [1.165, 1.54) is 36.8 Å². The normalized spacial score (nSPS) is 18.5. The van der Waals surface area contributed by atoms with Gasteiger partial charge in [-0.25, -0.2) is 0 Å². The second kappa shape index (κ2) is 5.68. The van der Waals surface area contributed by atoms with Crippen LogP contribution in [0.3, 0.4) is 0 Å². The summed E-state index contributed by atoms with van der Waals surface area (Å²) in [5.41, 5.74) is 3.96.